The molecule has 5 heteroatoms. The van der Waals surface area contributed by atoms with Gasteiger partial charge >= 0.3 is 0 Å². The number of methoxy groups -OCH3 is 1. The average molecular weight is 236 g/mol. The monoisotopic (exact) mass is 236 g/mol. The molecule has 0 saturated heterocycles. The van der Waals surface area contributed by atoms with Gasteiger partial charge in [0.1, 0.15) is 11.6 Å². The summed E-state index contributed by atoms with van der Waals surface area (Å²) in [7, 11) is 1.48. The maximum atomic E-state index is 13.7. The minimum Gasteiger partial charge on any atom is -0.497 e. The molecule has 1 aromatic heterocycles. The maximum absolute atomic E-state index is 13.7. The van der Waals surface area contributed by atoms with Gasteiger partial charge in [0.05, 0.1) is 24.9 Å². The van der Waals surface area contributed by atoms with Gasteiger partial charge in [-0.25, -0.2) is 9.37 Å². The Morgan fingerprint density at radius 2 is 2.24 bits per heavy atom. The van der Waals surface area contributed by atoms with Crippen molar-refractivity contribution in [2.45, 2.75) is 13.0 Å². The second-order valence-corrected chi connectivity index (χ2v) is 3.70. The summed E-state index contributed by atoms with van der Waals surface area (Å²) in [5.74, 6) is 0.780. The molecule has 2 N–H and O–H groups in total. The maximum Gasteiger partial charge on any atom is 0.211 e. The molecule has 1 aromatic carbocycles. The van der Waals surface area contributed by atoms with Crippen molar-refractivity contribution < 1.29 is 13.5 Å². The second-order valence-electron chi connectivity index (χ2n) is 3.70. The topological polar surface area (TPSA) is 61.3 Å². The van der Waals surface area contributed by atoms with Crippen molar-refractivity contribution in [3.63, 3.8) is 0 Å². The van der Waals surface area contributed by atoms with Gasteiger partial charge in [-0.1, -0.05) is 0 Å². The zero-order valence-corrected chi connectivity index (χ0v) is 9.61. The van der Waals surface area contributed by atoms with Gasteiger partial charge in [-0.05, 0) is 19.1 Å². The smallest absolute Gasteiger partial charge is 0.211 e. The van der Waals surface area contributed by atoms with E-state index in [2.05, 4.69) is 4.98 Å². The highest BCUT2D eigenvalue weighted by atomic mass is 19.1. The fourth-order valence-corrected chi connectivity index (χ4v) is 1.45. The highest BCUT2D eigenvalue weighted by molar-refractivity contribution is 5.58. The van der Waals surface area contributed by atoms with Crippen molar-refractivity contribution >= 4 is 0 Å². The highest BCUT2D eigenvalue weighted by Crippen LogP contribution is 2.27. The molecule has 2 aromatic rings. The predicted octanol–water partition coefficient (Wildman–Crippen LogP) is 2.51. The average Bonchev–Trinajstić information content (AvgIpc) is 2.78. The molecule has 0 saturated carbocycles. The lowest BCUT2D eigenvalue weighted by Gasteiger charge is -2.03. The van der Waals surface area contributed by atoms with Crippen LogP contribution in [0.3, 0.4) is 0 Å². The van der Waals surface area contributed by atoms with Crippen LogP contribution in [-0.4, -0.2) is 12.1 Å². The summed E-state index contributed by atoms with van der Waals surface area (Å²) >= 11 is 0. The molecular formula is C12H13FN2O2. The Morgan fingerprint density at radius 3 is 2.76 bits per heavy atom. The minimum absolute atomic E-state index is 0.315. The van der Waals surface area contributed by atoms with Crippen LogP contribution in [0.15, 0.2) is 28.8 Å². The van der Waals surface area contributed by atoms with Crippen LogP contribution in [0.4, 0.5) is 4.39 Å². The van der Waals surface area contributed by atoms with Gasteiger partial charge in [-0.2, -0.15) is 0 Å². The van der Waals surface area contributed by atoms with Crippen LogP contribution < -0.4 is 10.5 Å². The number of aromatic nitrogens is 1. The van der Waals surface area contributed by atoms with Crippen molar-refractivity contribution in [2.24, 2.45) is 5.73 Å². The lowest BCUT2D eigenvalue weighted by molar-refractivity contribution is 0.411. The standard InChI is InChI=1S/C12H13FN2O2/c1-7(14)12-15-6-11(17-12)9-4-3-8(16-2)5-10(9)13/h3-7H,14H2,1-2H3. The summed E-state index contributed by atoms with van der Waals surface area (Å²) in [6.45, 7) is 1.75. The number of nitrogens with zero attached hydrogens (tertiary/aromatic N) is 1. The predicted molar refractivity (Wildman–Crippen MR) is 61.1 cm³/mol. The summed E-state index contributed by atoms with van der Waals surface area (Å²) in [5.41, 5.74) is 5.96. The van der Waals surface area contributed by atoms with Gasteiger partial charge in [-0.3, -0.25) is 0 Å². The van der Waals surface area contributed by atoms with E-state index < -0.39 is 5.82 Å². The number of rotatable bonds is 3. The van der Waals surface area contributed by atoms with Crippen LogP contribution in [0.25, 0.3) is 11.3 Å². The normalized spacial score (nSPS) is 12.5. The van der Waals surface area contributed by atoms with Gasteiger partial charge in [0.2, 0.25) is 5.89 Å². The summed E-state index contributed by atoms with van der Waals surface area (Å²) in [6, 6.07) is 4.22. The third kappa shape index (κ3) is 2.29. The largest absolute Gasteiger partial charge is 0.497 e. The first-order valence-corrected chi connectivity index (χ1v) is 5.17. The van der Waals surface area contributed by atoms with Crippen molar-refractivity contribution in [1.29, 1.82) is 0 Å². The Labute approximate surface area is 98.2 Å². The van der Waals surface area contributed by atoms with Crippen molar-refractivity contribution in [3.8, 4) is 17.1 Å². The van der Waals surface area contributed by atoms with E-state index in [0.29, 0.717) is 23.0 Å². The van der Waals surface area contributed by atoms with E-state index in [-0.39, 0.29) is 6.04 Å². The van der Waals surface area contributed by atoms with E-state index in [0.717, 1.165) is 0 Å². The Bertz CT molecular complexity index is 523. The number of benzene rings is 1. The number of nitrogens with two attached hydrogens (primary N) is 1. The number of hydrogen-bond acceptors (Lipinski definition) is 4. The van der Waals surface area contributed by atoms with Crippen LogP contribution in [0.1, 0.15) is 18.9 Å². The molecule has 0 spiro atoms. The third-order valence-electron chi connectivity index (χ3n) is 2.35. The zero-order valence-electron chi connectivity index (χ0n) is 9.61. The van der Waals surface area contributed by atoms with Crippen LogP contribution >= 0.6 is 0 Å². The Hall–Kier alpha value is -1.88. The first-order chi connectivity index (χ1) is 8.11. The van der Waals surface area contributed by atoms with Crippen molar-refractivity contribution in [3.05, 3.63) is 36.1 Å². The molecule has 90 valence electrons. The summed E-state index contributed by atoms with van der Waals surface area (Å²) in [5, 5.41) is 0. The molecule has 0 aliphatic heterocycles. The number of ether oxygens (including phenoxy) is 1. The molecule has 1 atom stereocenters. The van der Waals surface area contributed by atoms with Crippen LogP contribution in [0.2, 0.25) is 0 Å². The van der Waals surface area contributed by atoms with E-state index in [1.165, 1.54) is 19.4 Å². The van der Waals surface area contributed by atoms with Gasteiger partial charge in [-0.15, -0.1) is 0 Å². The number of hydrogen-bond donors (Lipinski definition) is 1. The summed E-state index contributed by atoms with van der Waals surface area (Å²) in [4.78, 5) is 3.99. The molecule has 0 aliphatic carbocycles. The van der Waals surface area contributed by atoms with Crippen LogP contribution in [-0.2, 0) is 0 Å². The highest BCUT2D eigenvalue weighted by Gasteiger charge is 2.13. The van der Waals surface area contributed by atoms with Crippen LogP contribution in [0, 0.1) is 5.82 Å². The Kier molecular flexibility index (Phi) is 3.10. The zero-order chi connectivity index (χ0) is 12.4. The molecule has 1 heterocycles. The molecule has 0 amide bonds. The van der Waals surface area contributed by atoms with Crippen molar-refractivity contribution in [2.75, 3.05) is 7.11 Å². The van der Waals surface area contributed by atoms with Gasteiger partial charge in [0.15, 0.2) is 5.76 Å². The fraction of sp³-hybridized carbons (Fsp3) is 0.250. The fourth-order valence-electron chi connectivity index (χ4n) is 1.45. The molecule has 0 aliphatic rings. The molecule has 4 nitrogen and oxygen atoms in total. The second kappa shape index (κ2) is 4.55. The first kappa shape index (κ1) is 11.6. The third-order valence-corrected chi connectivity index (χ3v) is 2.35. The molecule has 17 heavy (non-hydrogen) atoms. The summed E-state index contributed by atoms with van der Waals surface area (Å²) < 4.78 is 24.0. The molecular weight excluding hydrogens is 223 g/mol. The van der Waals surface area contributed by atoms with E-state index >= 15 is 0 Å². The molecule has 0 bridgehead atoms. The van der Waals surface area contributed by atoms with Gasteiger partial charge < -0.3 is 14.9 Å². The molecule has 0 fully saturated rings. The van der Waals surface area contributed by atoms with Gasteiger partial charge in [0, 0.05) is 6.07 Å². The molecule has 2 rings (SSSR count). The minimum atomic E-state index is -0.420. The molecule has 1 unspecified atom stereocenters. The SMILES string of the molecule is COc1ccc(-c2cnc(C(C)N)o2)c(F)c1. The van der Waals surface area contributed by atoms with E-state index in [4.69, 9.17) is 14.9 Å². The quantitative estimate of drug-likeness (QED) is 0.889. The van der Waals surface area contributed by atoms with Gasteiger partial charge in [0.25, 0.3) is 0 Å². The Morgan fingerprint density at radius 1 is 1.47 bits per heavy atom. The first-order valence-electron chi connectivity index (χ1n) is 5.17. The molecule has 0 radical (unpaired) electrons. The lowest BCUT2D eigenvalue weighted by atomic mass is 10.1. The van der Waals surface area contributed by atoms with E-state index in [9.17, 15) is 4.39 Å². The van der Waals surface area contributed by atoms with E-state index in [1.54, 1.807) is 19.1 Å². The van der Waals surface area contributed by atoms with Crippen LogP contribution in [0.5, 0.6) is 5.75 Å². The Balaban J connectivity index is 2.38. The lowest BCUT2D eigenvalue weighted by Crippen LogP contribution is -2.04. The number of oxazole rings is 1. The number of halogens is 1. The van der Waals surface area contributed by atoms with E-state index in [1.807, 2.05) is 0 Å². The van der Waals surface area contributed by atoms with Crippen molar-refractivity contribution in [1.82, 2.24) is 4.98 Å². The summed E-state index contributed by atoms with van der Waals surface area (Å²) in [6.07, 6.45) is 1.46.